The van der Waals surface area contributed by atoms with Crippen LogP contribution in [-0.2, 0) is 17.8 Å². The molecule has 3 rings (SSSR count). The fourth-order valence-electron chi connectivity index (χ4n) is 2.36. The Hall–Kier alpha value is -2.03. The van der Waals surface area contributed by atoms with E-state index in [4.69, 9.17) is 4.42 Å². The van der Waals surface area contributed by atoms with Crippen molar-refractivity contribution in [3.05, 3.63) is 60.1 Å². The van der Waals surface area contributed by atoms with E-state index in [1.54, 1.807) is 6.26 Å². The standard InChI is InChI=1S/C17H19NO2/c19-17(15-8-9-15)18(13-16-7-4-12-20-16)11-10-14-5-2-1-3-6-14/h1-7,12,15H,8-11,13H2. The minimum atomic E-state index is 0.251. The van der Waals surface area contributed by atoms with Gasteiger partial charge in [-0.1, -0.05) is 30.3 Å². The lowest BCUT2D eigenvalue weighted by atomic mass is 10.1. The number of nitrogens with zero attached hydrogens (tertiary/aromatic N) is 1. The molecule has 0 radical (unpaired) electrons. The van der Waals surface area contributed by atoms with Crippen molar-refractivity contribution in [2.45, 2.75) is 25.8 Å². The molecule has 0 atom stereocenters. The Balaban J connectivity index is 1.63. The first-order valence-corrected chi connectivity index (χ1v) is 7.18. The summed E-state index contributed by atoms with van der Waals surface area (Å²) in [6.07, 6.45) is 4.63. The molecule has 1 amide bonds. The molecule has 0 N–H and O–H groups in total. The molecular weight excluding hydrogens is 250 g/mol. The first-order valence-electron chi connectivity index (χ1n) is 7.18. The van der Waals surface area contributed by atoms with Gasteiger partial charge >= 0.3 is 0 Å². The van der Waals surface area contributed by atoms with Gasteiger partial charge in [0.25, 0.3) is 0 Å². The zero-order chi connectivity index (χ0) is 13.8. The Kier molecular flexibility index (Phi) is 3.86. The van der Waals surface area contributed by atoms with Crippen molar-refractivity contribution < 1.29 is 9.21 Å². The summed E-state index contributed by atoms with van der Waals surface area (Å²) in [5.41, 5.74) is 1.26. The second kappa shape index (κ2) is 5.95. The predicted octanol–water partition coefficient (Wildman–Crippen LogP) is 3.26. The van der Waals surface area contributed by atoms with Crippen LogP contribution >= 0.6 is 0 Å². The Labute approximate surface area is 119 Å². The second-order valence-corrected chi connectivity index (χ2v) is 5.35. The maximum atomic E-state index is 12.3. The molecule has 0 unspecified atom stereocenters. The first-order chi connectivity index (χ1) is 9.83. The summed E-state index contributed by atoms with van der Waals surface area (Å²) < 4.78 is 5.37. The van der Waals surface area contributed by atoms with Gasteiger partial charge in [0.2, 0.25) is 5.91 Å². The number of carbonyl (C=O) groups excluding carboxylic acids is 1. The van der Waals surface area contributed by atoms with Gasteiger partial charge in [-0.25, -0.2) is 0 Å². The average molecular weight is 269 g/mol. The number of carbonyl (C=O) groups is 1. The lowest BCUT2D eigenvalue weighted by molar-refractivity contribution is -0.133. The van der Waals surface area contributed by atoms with Crippen LogP contribution in [0.5, 0.6) is 0 Å². The van der Waals surface area contributed by atoms with Gasteiger partial charge in [0.15, 0.2) is 0 Å². The van der Waals surface area contributed by atoms with Crippen molar-refractivity contribution in [3.8, 4) is 0 Å². The fourth-order valence-corrected chi connectivity index (χ4v) is 2.36. The quantitative estimate of drug-likeness (QED) is 0.806. The molecule has 0 saturated heterocycles. The first kappa shape index (κ1) is 13.0. The third kappa shape index (κ3) is 3.29. The van der Waals surface area contributed by atoms with Crippen molar-refractivity contribution >= 4 is 5.91 Å². The van der Waals surface area contributed by atoms with Crippen LogP contribution in [0, 0.1) is 5.92 Å². The third-order valence-corrected chi connectivity index (χ3v) is 3.68. The SMILES string of the molecule is O=C(C1CC1)N(CCc1ccccc1)Cc1ccco1. The molecule has 3 nitrogen and oxygen atoms in total. The maximum Gasteiger partial charge on any atom is 0.226 e. The number of amides is 1. The molecule has 1 aliphatic rings. The Morgan fingerprint density at radius 1 is 1.15 bits per heavy atom. The monoisotopic (exact) mass is 269 g/mol. The summed E-state index contributed by atoms with van der Waals surface area (Å²) in [5, 5.41) is 0. The highest BCUT2D eigenvalue weighted by Gasteiger charge is 2.33. The zero-order valence-corrected chi connectivity index (χ0v) is 11.5. The number of furan rings is 1. The van der Waals surface area contributed by atoms with E-state index in [0.29, 0.717) is 6.54 Å². The van der Waals surface area contributed by atoms with Crippen LogP contribution in [0.2, 0.25) is 0 Å². The summed E-state index contributed by atoms with van der Waals surface area (Å²) in [6, 6.07) is 14.1. The smallest absolute Gasteiger partial charge is 0.226 e. The van der Waals surface area contributed by atoms with Crippen LogP contribution in [0.4, 0.5) is 0 Å². The van der Waals surface area contributed by atoms with E-state index in [9.17, 15) is 4.79 Å². The Bertz CT molecular complexity index is 544. The van der Waals surface area contributed by atoms with Crippen LogP contribution in [0.15, 0.2) is 53.1 Å². The van der Waals surface area contributed by atoms with Gasteiger partial charge in [0.1, 0.15) is 5.76 Å². The molecule has 2 aromatic rings. The molecule has 1 aliphatic carbocycles. The van der Waals surface area contributed by atoms with Gasteiger partial charge in [-0.3, -0.25) is 4.79 Å². The van der Waals surface area contributed by atoms with Gasteiger partial charge < -0.3 is 9.32 Å². The van der Waals surface area contributed by atoms with Crippen LogP contribution in [0.1, 0.15) is 24.2 Å². The minimum absolute atomic E-state index is 0.251. The molecule has 1 heterocycles. The summed E-state index contributed by atoms with van der Waals surface area (Å²) in [6.45, 7) is 1.33. The van der Waals surface area contributed by atoms with E-state index in [1.807, 2.05) is 35.2 Å². The van der Waals surface area contributed by atoms with Crippen molar-refractivity contribution in [2.75, 3.05) is 6.54 Å². The van der Waals surface area contributed by atoms with E-state index in [1.165, 1.54) is 5.56 Å². The fraction of sp³-hybridized carbons (Fsp3) is 0.353. The second-order valence-electron chi connectivity index (χ2n) is 5.35. The molecule has 3 heteroatoms. The molecule has 1 fully saturated rings. The molecule has 104 valence electrons. The summed E-state index contributed by atoms with van der Waals surface area (Å²) in [7, 11) is 0. The molecule has 0 aliphatic heterocycles. The van der Waals surface area contributed by atoms with Crippen molar-refractivity contribution in [1.82, 2.24) is 4.90 Å². The molecular formula is C17H19NO2. The Morgan fingerprint density at radius 2 is 1.95 bits per heavy atom. The highest BCUT2D eigenvalue weighted by molar-refractivity contribution is 5.81. The predicted molar refractivity (Wildman–Crippen MR) is 77.0 cm³/mol. The molecule has 1 aromatic carbocycles. The minimum Gasteiger partial charge on any atom is -0.467 e. The van der Waals surface area contributed by atoms with Crippen molar-refractivity contribution in [2.24, 2.45) is 5.92 Å². The molecule has 0 spiro atoms. The summed E-state index contributed by atoms with van der Waals surface area (Å²) in [4.78, 5) is 14.3. The van der Waals surface area contributed by atoms with E-state index >= 15 is 0 Å². The molecule has 1 saturated carbocycles. The number of hydrogen-bond donors (Lipinski definition) is 0. The highest BCUT2D eigenvalue weighted by Crippen LogP contribution is 2.31. The van der Waals surface area contributed by atoms with E-state index < -0.39 is 0 Å². The van der Waals surface area contributed by atoms with Crippen molar-refractivity contribution in [3.63, 3.8) is 0 Å². The summed E-state index contributed by atoms with van der Waals surface area (Å²) >= 11 is 0. The largest absolute Gasteiger partial charge is 0.467 e. The topological polar surface area (TPSA) is 33.5 Å². The van der Waals surface area contributed by atoms with Gasteiger partial charge in [0, 0.05) is 12.5 Å². The summed E-state index contributed by atoms with van der Waals surface area (Å²) in [5.74, 6) is 1.38. The van der Waals surface area contributed by atoms with Crippen LogP contribution in [-0.4, -0.2) is 17.4 Å². The maximum absolute atomic E-state index is 12.3. The third-order valence-electron chi connectivity index (χ3n) is 3.68. The van der Waals surface area contributed by atoms with E-state index in [0.717, 1.165) is 31.6 Å². The van der Waals surface area contributed by atoms with Gasteiger partial charge in [-0.2, -0.15) is 0 Å². The van der Waals surface area contributed by atoms with Crippen LogP contribution in [0.3, 0.4) is 0 Å². The number of rotatable bonds is 6. The molecule has 20 heavy (non-hydrogen) atoms. The number of hydrogen-bond acceptors (Lipinski definition) is 2. The van der Waals surface area contributed by atoms with Crippen LogP contribution < -0.4 is 0 Å². The lowest BCUT2D eigenvalue weighted by Crippen LogP contribution is -2.33. The van der Waals surface area contributed by atoms with Crippen LogP contribution in [0.25, 0.3) is 0 Å². The lowest BCUT2D eigenvalue weighted by Gasteiger charge is -2.21. The van der Waals surface area contributed by atoms with E-state index in [-0.39, 0.29) is 11.8 Å². The zero-order valence-electron chi connectivity index (χ0n) is 11.5. The van der Waals surface area contributed by atoms with Gasteiger partial charge in [-0.15, -0.1) is 0 Å². The van der Waals surface area contributed by atoms with Gasteiger partial charge in [-0.05, 0) is 37.0 Å². The Morgan fingerprint density at radius 3 is 2.60 bits per heavy atom. The average Bonchev–Trinajstić information content (AvgIpc) is 3.21. The highest BCUT2D eigenvalue weighted by atomic mass is 16.3. The molecule has 0 bridgehead atoms. The number of benzene rings is 1. The van der Waals surface area contributed by atoms with Gasteiger partial charge in [0.05, 0.1) is 12.8 Å². The molecule has 1 aromatic heterocycles. The normalized spacial score (nSPS) is 14.2. The van der Waals surface area contributed by atoms with Crippen molar-refractivity contribution in [1.29, 1.82) is 0 Å². The van der Waals surface area contributed by atoms with E-state index in [2.05, 4.69) is 12.1 Å².